The van der Waals surface area contributed by atoms with Crippen molar-refractivity contribution in [3.63, 3.8) is 0 Å². The lowest BCUT2D eigenvalue weighted by Crippen LogP contribution is -2.03. The van der Waals surface area contributed by atoms with Crippen LogP contribution >= 0.6 is 0 Å². The molecule has 0 unspecified atom stereocenters. The number of pyridine rings is 1. The first-order valence-electron chi connectivity index (χ1n) is 6.54. The van der Waals surface area contributed by atoms with E-state index in [1.54, 1.807) is 6.07 Å². The van der Waals surface area contributed by atoms with E-state index in [1.807, 2.05) is 6.92 Å². The molecule has 0 aliphatic rings. The van der Waals surface area contributed by atoms with Gasteiger partial charge in [0.2, 0.25) is 5.89 Å². The molecular weight excluding hydrogens is 297 g/mol. The maximum Gasteiger partial charge on any atom is 0.416 e. The van der Waals surface area contributed by atoms with Crippen LogP contribution in [0.15, 0.2) is 41.1 Å². The zero-order valence-electron chi connectivity index (χ0n) is 11.5. The number of nitrogens with zero attached hydrogens (tertiary/aromatic N) is 2. The predicted molar refractivity (Wildman–Crippen MR) is 73.4 cm³/mol. The van der Waals surface area contributed by atoms with E-state index in [-0.39, 0.29) is 17.0 Å². The maximum absolute atomic E-state index is 12.7. The van der Waals surface area contributed by atoms with Crippen LogP contribution in [0.4, 0.5) is 13.2 Å². The highest BCUT2D eigenvalue weighted by Gasteiger charge is 2.31. The monoisotopic (exact) mass is 308 g/mol. The van der Waals surface area contributed by atoms with Crippen molar-refractivity contribution in [3.8, 4) is 17.2 Å². The molecule has 0 spiro atoms. The molecule has 114 valence electrons. The van der Waals surface area contributed by atoms with Crippen molar-refractivity contribution >= 4 is 11.1 Å². The van der Waals surface area contributed by atoms with Crippen molar-refractivity contribution < 1.29 is 22.3 Å². The molecule has 1 aromatic carbocycles. The quantitative estimate of drug-likeness (QED) is 0.723. The number of aromatic nitrogens is 2. The third-order valence-electron chi connectivity index (χ3n) is 3.03. The number of hydrogen-bond donors (Lipinski definition) is 0. The number of benzene rings is 1. The van der Waals surface area contributed by atoms with Gasteiger partial charge < -0.3 is 9.15 Å². The van der Waals surface area contributed by atoms with Crippen molar-refractivity contribution in [2.45, 2.75) is 13.1 Å². The van der Waals surface area contributed by atoms with E-state index in [0.29, 0.717) is 17.9 Å². The lowest BCUT2D eigenvalue weighted by atomic mass is 10.2. The highest BCUT2D eigenvalue weighted by atomic mass is 19.4. The largest absolute Gasteiger partial charge is 0.491 e. The van der Waals surface area contributed by atoms with E-state index in [0.717, 1.165) is 12.1 Å². The first kappa shape index (κ1) is 14.4. The molecule has 4 nitrogen and oxygen atoms in total. The zero-order valence-corrected chi connectivity index (χ0v) is 11.5. The van der Waals surface area contributed by atoms with Gasteiger partial charge >= 0.3 is 6.18 Å². The number of ether oxygens (including phenoxy) is 1. The fourth-order valence-corrected chi connectivity index (χ4v) is 2.05. The molecule has 2 aromatic heterocycles. The normalized spacial score (nSPS) is 11.8. The van der Waals surface area contributed by atoms with Crippen LogP contribution in [0.5, 0.6) is 5.75 Å². The standard InChI is InChI=1S/C15H11F3N2O2/c1-2-21-13-8-19-6-5-10(13)14-20-11-7-9(15(16,17)18)3-4-12(11)22-14/h3-8H,2H2,1H3. The molecule has 0 saturated heterocycles. The molecule has 0 radical (unpaired) electrons. The van der Waals surface area contributed by atoms with Gasteiger partial charge in [0.05, 0.1) is 23.9 Å². The lowest BCUT2D eigenvalue weighted by molar-refractivity contribution is -0.137. The van der Waals surface area contributed by atoms with Gasteiger partial charge in [-0.25, -0.2) is 4.98 Å². The van der Waals surface area contributed by atoms with E-state index < -0.39 is 11.7 Å². The fourth-order valence-electron chi connectivity index (χ4n) is 2.05. The fraction of sp³-hybridized carbons (Fsp3) is 0.200. The molecule has 0 bridgehead atoms. The smallest absolute Gasteiger partial charge is 0.416 e. The number of hydrogen-bond acceptors (Lipinski definition) is 4. The summed E-state index contributed by atoms with van der Waals surface area (Å²) in [7, 11) is 0. The van der Waals surface area contributed by atoms with Crippen molar-refractivity contribution in [1.29, 1.82) is 0 Å². The Morgan fingerprint density at radius 2 is 2.05 bits per heavy atom. The van der Waals surface area contributed by atoms with Crippen LogP contribution in [0.25, 0.3) is 22.6 Å². The molecule has 0 aliphatic carbocycles. The van der Waals surface area contributed by atoms with Gasteiger partial charge in [0.15, 0.2) is 5.58 Å². The third kappa shape index (κ3) is 2.61. The molecule has 0 saturated carbocycles. The summed E-state index contributed by atoms with van der Waals surface area (Å²) in [6, 6.07) is 4.83. The minimum absolute atomic E-state index is 0.143. The van der Waals surface area contributed by atoms with Crippen LogP contribution in [-0.4, -0.2) is 16.6 Å². The van der Waals surface area contributed by atoms with Gasteiger partial charge in [-0.3, -0.25) is 4.98 Å². The van der Waals surface area contributed by atoms with Gasteiger partial charge in [0.25, 0.3) is 0 Å². The summed E-state index contributed by atoms with van der Waals surface area (Å²) in [4.78, 5) is 8.07. The van der Waals surface area contributed by atoms with Crippen LogP contribution in [0, 0.1) is 0 Å². The van der Waals surface area contributed by atoms with Crippen molar-refractivity contribution in [1.82, 2.24) is 9.97 Å². The topological polar surface area (TPSA) is 48.2 Å². The third-order valence-corrected chi connectivity index (χ3v) is 3.03. The van der Waals surface area contributed by atoms with Gasteiger partial charge in [0.1, 0.15) is 11.3 Å². The summed E-state index contributed by atoms with van der Waals surface area (Å²) in [5.41, 5.74) is 0.201. The van der Waals surface area contributed by atoms with Crippen molar-refractivity contribution in [2.24, 2.45) is 0 Å². The number of fused-ring (bicyclic) bond motifs is 1. The van der Waals surface area contributed by atoms with Crippen LogP contribution in [0.1, 0.15) is 12.5 Å². The van der Waals surface area contributed by atoms with E-state index in [2.05, 4.69) is 9.97 Å². The SMILES string of the molecule is CCOc1cnccc1-c1nc2cc(C(F)(F)F)ccc2o1. The summed E-state index contributed by atoms with van der Waals surface area (Å²) in [5.74, 6) is 0.660. The highest BCUT2D eigenvalue weighted by molar-refractivity contribution is 5.78. The molecule has 2 heterocycles. The van der Waals surface area contributed by atoms with E-state index in [9.17, 15) is 13.2 Å². The Balaban J connectivity index is 2.09. The number of rotatable bonds is 3. The Morgan fingerprint density at radius 3 is 2.77 bits per heavy atom. The Hall–Kier alpha value is -2.57. The highest BCUT2D eigenvalue weighted by Crippen LogP contribution is 2.34. The van der Waals surface area contributed by atoms with Crippen molar-refractivity contribution in [2.75, 3.05) is 6.61 Å². The van der Waals surface area contributed by atoms with Crippen LogP contribution < -0.4 is 4.74 Å². The zero-order chi connectivity index (χ0) is 15.7. The Kier molecular flexibility index (Phi) is 3.48. The number of alkyl halides is 3. The minimum Gasteiger partial charge on any atom is -0.491 e. The Bertz CT molecular complexity index is 812. The number of oxazole rings is 1. The van der Waals surface area contributed by atoms with Crippen LogP contribution in [-0.2, 0) is 6.18 Å². The first-order chi connectivity index (χ1) is 10.5. The molecule has 0 aliphatic heterocycles. The summed E-state index contributed by atoms with van der Waals surface area (Å²) in [6.07, 6.45) is -1.37. The van der Waals surface area contributed by atoms with E-state index in [1.165, 1.54) is 18.5 Å². The van der Waals surface area contributed by atoms with E-state index in [4.69, 9.17) is 9.15 Å². The molecule has 0 atom stereocenters. The average Bonchev–Trinajstić information content (AvgIpc) is 2.90. The van der Waals surface area contributed by atoms with Crippen LogP contribution in [0.2, 0.25) is 0 Å². The summed E-state index contributed by atoms with van der Waals surface area (Å²) in [5, 5.41) is 0. The average molecular weight is 308 g/mol. The molecule has 0 fully saturated rings. The summed E-state index contributed by atoms with van der Waals surface area (Å²) < 4.78 is 49.1. The molecule has 3 rings (SSSR count). The molecule has 0 amide bonds. The Labute approximate surface area is 123 Å². The van der Waals surface area contributed by atoms with Gasteiger partial charge in [-0.1, -0.05) is 0 Å². The van der Waals surface area contributed by atoms with Crippen molar-refractivity contribution in [3.05, 3.63) is 42.2 Å². The molecule has 0 N–H and O–H groups in total. The van der Waals surface area contributed by atoms with Gasteiger partial charge in [0, 0.05) is 6.20 Å². The maximum atomic E-state index is 12.7. The first-order valence-corrected chi connectivity index (χ1v) is 6.54. The van der Waals surface area contributed by atoms with Gasteiger partial charge in [-0.2, -0.15) is 13.2 Å². The summed E-state index contributed by atoms with van der Waals surface area (Å²) >= 11 is 0. The second-order valence-corrected chi connectivity index (χ2v) is 4.50. The second kappa shape index (κ2) is 5.32. The van der Waals surface area contributed by atoms with Gasteiger partial charge in [-0.15, -0.1) is 0 Å². The number of halogens is 3. The lowest BCUT2D eigenvalue weighted by Gasteiger charge is -2.05. The second-order valence-electron chi connectivity index (χ2n) is 4.50. The predicted octanol–water partition coefficient (Wildman–Crippen LogP) is 4.31. The van der Waals surface area contributed by atoms with Crippen LogP contribution in [0.3, 0.4) is 0 Å². The minimum atomic E-state index is -4.42. The van der Waals surface area contributed by atoms with E-state index >= 15 is 0 Å². The summed E-state index contributed by atoms with van der Waals surface area (Å²) in [6.45, 7) is 2.25. The molecule has 7 heteroatoms. The molecule has 3 aromatic rings. The molecule has 22 heavy (non-hydrogen) atoms. The Morgan fingerprint density at radius 1 is 1.23 bits per heavy atom. The molecular formula is C15H11F3N2O2. The van der Waals surface area contributed by atoms with Gasteiger partial charge in [-0.05, 0) is 31.2 Å².